The summed E-state index contributed by atoms with van der Waals surface area (Å²) in [6, 6.07) is 18.0. The summed E-state index contributed by atoms with van der Waals surface area (Å²) in [6.07, 6.45) is 2.40. The maximum Gasteiger partial charge on any atom is 0.323 e. The van der Waals surface area contributed by atoms with Crippen molar-refractivity contribution in [2.24, 2.45) is 5.73 Å². The van der Waals surface area contributed by atoms with Crippen LogP contribution in [0.5, 0.6) is 17.2 Å². The molecular formula is C35H43N6O6+. The Hall–Kier alpha value is -5.10. The molecule has 4 N–H and O–H groups in total. The largest absolute Gasteiger partial charge is 0.508 e. The number of likely N-dealkylation sites (tertiary alicyclic amines) is 1. The smallest absolute Gasteiger partial charge is 0.323 e. The zero-order chi connectivity index (χ0) is 33.6. The molecule has 0 spiro atoms. The maximum atomic E-state index is 14.2. The molecule has 1 fully saturated rings. The molecule has 5 rings (SSSR count). The highest BCUT2D eigenvalue weighted by molar-refractivity contribution is 5.94. The van der Waals surface area contributed by atoms with E-state index in [1.807, 2.05) is 37.3 Å². The minimum absolute atomic E-state index is 0.115. The van der Waals surface area contributed by atoms with Crippen LogP contribution in [0.1, 0.15) is 36.8 Å². The van der Waals surface area contributed by atoms with Gasteiger partial charge in [-0.15, -0.1) is 0 Å². The van der Waals surface area contributed by atoms with Crippen LogP contribution in [0, 0.1) is 0 Å². The van der Waals surface area contributed by atoms with Crippen molar-refractivity contribution in [2.75, 3.05) is 39.7 Å². The van der Waals surface area contributed by atoms with Crippen LogP contribution in [0.25, 0.3) is 11.4 Å². The van der Waals surface area contributed by atoms with Crippen LogP contribution in [0.3, 0.4) is 0 Å². The topological polar surface area (TPSA) is 153 Å². The first kappa shape index (κ1) is 33.3. The first-order valence-corrected chi connectivity index (χ1v) is 15.8. The van der Waals surface area contributed by atoms with Crippen LogP contribution in [0.15, 0.2) is 71.3 Å². The van der Waals surface area contributed by atoms with Crippen LogP contribution < -0.4 is 20.5 Å². The summed E-state index contributed by atoms with van der Waals surface area (Å²) in [5.74, 6) is 1.84. The molecule has 0 radical (unpaired) electrons. The van der Waals surface area contributed by atoms with Gasteiger partial charge in [-0.3, -0.25) is 4.79 Å². The molecule has 0 aliphatic carbocycles. The number of hydrogen-bond acceptors (Lipinski definition) is 8. The fraction of sp³-hybridized carbons (Fsp3) is 0.371. The predicted octanol–water partition coefficient (Wildman–Crippen LogP) is 4.76. The molecular weight excluding hydrogens is 600 g/mol. The van der Waals surface area contributed by atoms with Gasteiger partial charge in [0.1, 0.15) is 18.3 Å². The van der Waals surface area contributed by atoms with Gasteiger partial charge in [0, 0.05) is 29.7 Å². The molecule has 1 unspecified atom stereocenters. The number of quaternary nitrogens is 1. The molecule has 0 bridgehead atoms. The average Bonchev–Trinajstić information content (AvgIpc) is 3.55. The van der Waals surface area contributed by atoms with Gasteiger partial charge in [-0.2, -0.15) is 4.98 Å². The maximum absolute atomic E-state index is 14.2. The van der Waals surface area contributed by atoms with E-state index < -0.39 is 18.0 Å². The number of carbonyl (C=O) groups excluding carboxylic acids is 2. The zero-order valence-electron chi connectivity index (χ0n) is 27.3. The molecule has 12 heteroatoms. The standard InChI is InChI=1S/C35H42N6O6/c1-5-32-38-34(39-47-32)25-11-13-26(14-12-25)37-35(44)40(29(33(36)43)19-23-8-15-28(42)16-9-23)27-7-6-18-41(2,22-27)21-24-10-17-30(45-3)31(20-24)46-4/h8-17,20,27,29H,5-7,18-19,21-22H2,1-4H3,(H3-,36,37,39,42,43,44)/p+1/t27-,29+,41?/m1/s1. The second-order valence-corrected chi connectivity index (χ2v) is 12.2. The highest BCUT2D eigenvalue weighted by atomic mass is 16.5. The van der Waals surface area contributed by atoms with Gasteiger partial charge in [-0.25, -0.2) is 4.79 Å². The third-order valence-electron chi connectivity index (χ3n) is 8.72. The molecule has 1 aliphatic rings. The molecule has 12 nitrogen and oxygen atoms in total. The Morgan fingerprint density at radius 3 is 2.40 bits per heavy atom. The Labute approximate surface area is 274 Å². The van der Waals surface area contributed by atoms with Crippen molar-refractivity contribution in [3.05, 3.63) is 83.7 Å². The number of likely N-dealkylation sites (N-methyl/N-ethyl adjacent to an activating group) is 1. The van der Waals surface area contributed by atoms with E-state index in [0.29, 0.717) is 59.3 Å². The van der Waals surface area contributed by atoms with Crippen molar-refractivity contribution >= 4 is 17.6 Å². The summed E-state index contributed by atoms with van der Waals surface area (Å²) < 4.78 is 16.8. The van der Waals surface area contributed by atoms with Gasteiger partial charge in [-0.1, -0.05) is 24.2 Å². The SMILES string of the molecule is CCc1nc(-c2ccc(NC(=O)N([C@@H]3CCC[N+](C)(Cc4ccc(OC)c(OC)c4)C3)[C@@H](Cc3ccc(O)cc3)C(N)=O)cc2)no1. The van der Waals surface area contributed by atoms with Crippen LogP contribution in [-0.2, 0) is 24.2 Å². The van der Waals surface area contributed by atoms with E-state index >= 15 is 0 Å². The molecule has 4 aromatic rings. The van der Waals surface area contributed by atoms with E-state index in [1.165, 1.54) is 0 Å². The van der Waals surface area contributed by atoms with Gasteiger partial charge in [0.25, 0.3) is 0 Å². The summed E-state index contributed by atoms with van der Waals surface area (Å²) in [6.45, 7) is 4.14. The number of rotatable bonds is 12. The van der Waals surface area contributed by atoms with E-state index in [0.717, 1.165) is 29.7 Å². The summed E-state index contributed by atoms with van der Waals surface area (Å²) in [5.41, 5.74) is 9.19. The van der Waals surface area contributed by atoms with Gasteiger partial charge >= 0.3 is 6.03 Å². The molecule has 3 aromatic carbocycles. The number of nitrogens with zero attached hydrogens (tertiary/aromatic N) is 4. The minimum atomic E-state index is -0.928. The number of phenolic OH excluding ortho intramolecular Hbond substituents is 1. The summed E-state index contributed by atoms with van der Waals surface area (Å²) in [4.78, 5) is 33.3. The Morgan fingerprint density at radius 1 is 1.06 bits per heavy atom. The lowest BCUT2D eigenvalue weighted by molar-refractivity contribution is -0.928. The monoisotopic (exact) mass is 643 g/mol. The first-order chi connectivity index (χ1) is 22.6. The van der Waals surface area contributed by atoms with Gasteiger partial charge in [0.15, 0.2) is 11.5 Å². The molecule has 1 aliphatic heterocycles. The number of amides is 3. The van der Waals surface area contributed by atoms with Crippen molar-refractivity contribution in [2.45, 2.75) is 51.2 Å². The fourth-order valence-corrected chi connectivity index (χ4v) is 6.35. The number of piperidine rings is 1. The molecule has 248 valence electrons. The summed E-state index contributed by atoms with van der Waals surface area (Å²) in [7, 11) is 5.39. The third-order valence-corrected chi connectivity index (χ3v) is 8.72. The average molecular weight is 644 g/mol. The van der Waals surface area contributed by atoms with E-state index in [-0.39, 0.29) is 18.2 Å². The first-order valence-electron chi connectivity index (χ1n) is 15.8. The van der Waals surface area contributed by atoms with Crippen molar-refractivity contribution in [1.29, 1.82) is 0 Å². The molecule has 1 saturated heterocycles. The Kier molecular flexibility index (Phi) is 10.3. The Morgan fingerprint density at radius 2 is 1.77 bits per heavy atom. The van der Waals surface area contributed by atoms with Crippen LogP contribution in [0.4, 0.5) is 10.5 Å². The lowest BCUT2D eigenvalue weighted by Crippen LogP contribution is -2.62. The summed E-state index contributed by atoms with van der Waals surface area (Å²) >= 11 is 0. The third kappa shape index (κ3) is 8.01. The normalized spacial score (nSPS) is 18.3. The Bertz CT molecular complexity index is 1670. The number of hydrogen-bond donors (Lipinski definition) is 3. The van der Waals surface area contributed by atoms with Crippen LogP contribution >= 0.6 is 0 Å². The molecule has 1 aromatic heterocycles. The van der Waals surface area contributed by atoms with E-state index in [2.05, 4.69) is 22.5 Å². The lowest BCUT2D eigenvalue weighted by atomic mass is 9.96. The lowest BCUT2D eigenvalue weighted by Gasteiger charge is -2.46. The van der Waals surface area contributed by atoms with E-state index in [1.54, 1.807) is 55.5 Å². The minimum Gasteiger partial charge on any atom is -0.508 e. The number of ether oxygens (including phenoxy) is 2. The molecule has 47 heavy (non-hydrogen) atoms. The highest BCUT2D eigenvalue weighted by Crippen LogP contribution is 2.32. The van der Waals surface area contributed by atoms with Crippen molar-refractivity contribution < 1.29 is 33.2 Å². The number of nitrogens with one attached hydrogen (secondary N) is 1. The number of methoxy groups -OCH3 is 2. The van der Waals surface area contributed by atoms with E-state index in [4.69, 9.17) is 19.7 Å². The highest BCUT2D eigenvalue weighted by Gasteiger charge is 2.41. The quantitative estimate of drug-likeness (QED) is 0.187. The number of aromatic hydroxyl groups is 1. The molecule has 2 heterocycles. The van der Waals surface area contributed by atoms with Crippen molar-refractivity contribution in [1.82, 2.24) is 15.0 Å². The number of anilines is 1. The number of carbonyl (C=O) groups is 2. The number of nitrogens with two attached hydrogens (primary N) is 1. The van der Waals surface area contributed by atoms with Gasteiger partial charge in [0.05, 0.1) is 40.4 Å². The number of benzene rings is 3. The zero-order valence-corrected chi connectivity index (χ0v) is 27.3. The van der Waals surface area contributed by atoms with Crippen molar-refractivity contribution in [3.8, 4) is 28.6 Å². The molecule has 3 atom stereocenters. The number of phenols is 1. The second-order valence-electron chi connectivity index (χ2n) is 12.2. The fourth-order valence-electron chi connectivity index (χ4n) is 6.35. The number of primary amides is 1. The second kappa shape index (κ2) is 14.5. The predicted molar refractivity (Wildman–Crippen MR) is 177 cm³/mol. The number of aromatic nitrogens is 2. The number of urea groups is 1. The van der Waals surface area contributed by atoms with E-state index in [9.17, 15) is 14.7 Å². The van der Waals surface area contributed by atoms with Crippen LogP contribution in [-0.4, -0.2) is 83.0 Å². The van der Waals surface area contributed by atoms with Gasteiger partial charge in [-0.05, 0) is 73.0 Å². The van der Waals surface area contributed by atoms with Gasteiger partial charge in [0.2, 0.25) is 17.6 Å². The number of aryl methyl sites for hydroxylation is 1. The molecule has 0 saturated carbocycles. The van der Waals surface area contributed by atoms with Crippen molar-refractivity contribution in [3.63, 3.8) is 0 Å². The Balaban J connectivity index is 1.42. The van der Waals surface area contributed by atoms with Gasteiger partial charge < -0.3 is 39.5 Å². The van der Waals surface area contributed by atoms with Crippen LogP contribution in [0.2, 0.25) is 0 Å². The summed E-state index contributed by atoms with van der Waals surface area (Å²) in [5, 5.41) is 16.8. The molecule has 3 amide bonds.